The molecule has 0 aromatic heterocycles. The SMILES string of the molecule is CC1(OC(=O)OCc2ccccc2)CSSC1. The fourth-order valence-electron chi connectivity index (χ4n) is 1.38. The van der Waals surface area contributed by atoms with Crippen LogP contribution in [0.5, 0.6) is 0 Å². The summed E-state index contributed by atoms with van der Waals surface area (Å²) in [6, 6.07) is 9.58. The highest BCUT2D eigenvalue weighted by Crippen LogP contribution is 2.39. The molecule has 1 aromatic rings. The third kappa shape index (κ3) is 3.85. The highest BCUT2D eigenvalue weighted by atomic mass is 33.1. The average molecular weight is 270 g/mol. The number of carbonyl (C=O) groups is 1. The van der Waals surface area contributed by atoms with Gasteiger partial charge in [-0.3, -0.25) is 0 Å². The van der Waals surface area contributed by atoms with E-state index in [0.29, 0.717) is 0 Å². The molecular formula is C12H14O3S2. The second kappa shape index (κ2) is 5.69. The van der Waals surface area contributed by atoms with E-state index < -0.39 is 6.16 Å². The Hall–Kier alpha value is -0.810. The molecule has 0 unspecified atom stereocenters. The second-order valence-corrected chi connectivity index (χ2v) is 6.56. The fourth-order valence-corrected chi connectivity index (χ4v) is 4.49. The molecule has 17 heavy (non-hydrogen) atoms. The summed E-state index contributed by atoms with van der Waals surface area (Å²) in [4.78, 5) is 11.5. The first-order valence-corrected chi connectivity index (χ1v) is 7.81. The minimum atomic E-state index is -0.584. The van der Waals surface area contributed by atoms with Crippen molar-refractivity contribution in [3.63, 3.8) is 0 Å². The first-order valence-electron chi connectivity index (χ1n) is 5.32. The van der Waals surface area contributed by atoms with Crippen LogP contribution in [0.3, 0.4) is 0 Å². The summed E-state index contributed by atoms with van der Waals surface area (Å²) < 4.78 is 10.4. The summed E-state index contributed by atoms with van der Waals surface area (Å²) in [6.45, 7) is 2.19. The third-order valence-corrected chi connectivity index (χ3v) is 5.17. The highest BCUT2D eigenvalue weighted by Gasteiger charge is 2.34. The van der Waals surface area contributed by atoms with Crippen LogP contribution in [-0.4, -0.2) is 23.3 Å². The van der Waals surface area contributed by atoms with Crippen LogP contribution in [-0.2, 0) is 16.1 Å². The lowest BCUT2D eigenvalue weighted by atomic mass is 10.2. The van der Waals surface area contributed by atoms with E-state index in [-0.39, 0.29) is 12.2 Å². The molecule has 1 aromatic carbocycles. The van der Waals surface area contributed by atoms with E-state index in [1.54, 1.807) is 21.6 Å². The topological polar surface area (TPSA) is 35.5 Å². The quantitative estimate of drug-likeness (QED) is 0.620. The lowest BCUT2D eigenvalue weighted by Crippen LogP contribution is -2.34. The zero-order valence-electron chi connectivity index (χ0n) is 9.55. The summed E-state index contributed by atoms with van der Waals surface area (Å²) in [7, 11) is 3.44. The van der Waals surface area contributed by atoms with Gasteiger partial charge in [-0.25, -0.2) is 4.79 Å². The second-order valence-electron chi connectivity index (χ2n) is 4.10. The van der Waals surface area contributed by atoms with Crippen LogP contribution in [0.2, 0.25) is 0 Å². The molecule has 3 nitrogen and oxygen atoms in total. The van der Waals surface area contributed by atoms with Crippen LogP contribution in [0.4, 0.5) is 4.79 Å². The summed E-state index contributed by atoms with van der Waals surface area (Å²) in [5.41, 5.74) is 0.577. The van der Waals surface area contributed by atoms with E-state index in [9.17, 15) is 4.79 Å². The van der Waals surface area contributed by atoms with Gasteiger partial charge in [0, 0.05) is 11.5 Å². The molecule has 0 bridgehead atoms. The summed E-state index contributed by atoms with van der Waals surface area (Å²) in [6.07, 6.45) is -0.584. The number of ether oxygens (including phenoxy) is 2. The van der Waals surface area contributed by atoms with Gasteiger partial charge in [-0.2, -0.15) is 0 Å². The zero-order chi connectivity index (χ0) is 12.1. The van der Waals surface area contributed by atoms with Gasteiger partial charge in [0.2, 0.25) is 0 Å². The molecule has 0 spiro atoms. The Morgan fingerprint density at radius 2 is 1.94 bits per heavy atom. The van der Waals surface area contributed by atoms with Crippen molar-refractivity contribution < 1.29 is 14.3 Å². The molecule has 0 amide bonds. The maximum Gasteiger partial charge on any atom is 0.509 e. The van der Waals surface area contributed by atoms with Crippen LogP contribution in [0.1, 0.15) is 12.5 Å². The Kier molecular flexibility index (Phi) is 4.23. The average Bonchev–Trinajstić information content (AvgIpc) is 2.74. The predicted molar refractivity (Wildman–Crippen MR) is 71.0 cm³/mol. The van der Waals surface area contributed by atoms with Crippen LogP contribution in [0.15, 0.2) is 30.3 Å². The fraction of sp³-hybridized carbons (Fsp3) is 0.417. The van der Waals surface area contributed by atoms with Gasteiger partial charge in [0.1, 0.15) is 12.2 Å². The summed E-state index contributed by atoms with van der Waals surface area (Å²) >= 11 is 0. The number of carbonyl (C=O) groups excluding carboxylic acids is 1. The van der Waals surface area contributed by atoms with Gasteiger partial charge in [0.25, 0.3) is 0 Å². The Bertz CT molecular complexity index is 375. The molecule has 1 fully saturated rings. The van der Waals surface area contributed by atoms with Crippen molar-refractivity contribution in [1.82, 2.24) is 0 Å². The van der Waals surface area contributed by atoms with Crippen LogP contribution in [0.25, 0.3) is 0 Å². The van der Waals surface area contributed by atoms with Gasteiger partial charge < -0.3 is 9.47 Å². The maximum atomic E-state index is 11.5. The molecule has 1 aliphatic heterocycles. The van der Waals surface area contributed by atoms with Gasteiger partial charge in [-0.15, -0.1) is 0 Å². The van der Waals surface area contributed by atoms with Gasteiger partial charge >= 0.3 is 6.16 Å². The van der Waals surface area contributed by atoms with E-state index in [4.69, 9.17) is 9.47 Å². The van der Waals surface area contributed by atoms with E-state index in [2.05, 4.69) is 0 Å². The molecule has 2 rings (SSSR count). The van der Waals surface area contributed by atoms with Gasteiger partial charge in [0.15, 0.2) is 0 Å². The lowest BCUT2D eigenvalue weighted by Gasteiger charge is -2.21. The molecule has 1 saturated heterocycles. The Morgan fingerprint density at radius 3 is 2.59 bits per heavy atom. The highest BCUT2D eigenvalue weighted by molar-refractivity contribution is 8.77. The van der Waals surface area contributed by atoms with Crippen LogP contribution >= 0.6 is 21.6 Å². The number of rotatable bonds is 3. The molecule has 92 valence electrons. The monoisotopic (exact) mass is 270 g/mol. The number of benzene rings is 1. The molecule has 0 aliphatic carbocycles. The first-order chi connectivity index (χ1) is 8.18. The predicted octanol–water partition coefficient (Wildman–Crippen LogP) is 3.49. The van der Waals surface area contributed by atoms with E-state index >= 15 is 0 Å². The van der Waals surface area contributed by atoms with Crippen molar-refractivity contribution in [2.75, 3.05) is 11.5 Å². The molecule has 0 atom stereocenters. The molecule has 0 saturated carbocycles. The summed E-state index contributed by atoms with van der Waals surface area (Å²) in [5.74, 6) is 1.64. The molecule has 0 radical (unpaired) electrons. The Balaban J connectivity index is 1.78. The molecule has 1 heterocycles. The van der Waals surface area contributed by atoms with Crippen LogP contribution < -0.4 is 0 Å². The van der Waals surface area contributed by atoms with Crippen molar-refractivity contribution >= 4 is 27.7 Å². The summed E-state index contributed by atoms with van der Waals surface area (Å²) in [5, 5.41) is 0. The third-order valence-electron chi connectivity index (χ3n) is 2.34. The van der Waals surface area contributed by atoms with Crippen LogP contribution in [0, 0.1) is 0 Å². The standard InChI is InChI=1S/C12H14O3S2/c1-12(8-16-17-9-12)15-11(13)14-7-10-5-3-2-4-6-10/h2-6H,7-9H2,1H3. The Morgan fingerprint density at radius 1 is 1.29 bits per heavy atom. The van der Waals surface area contributed by atoms with E-state index in [0.717, 1.165) is 17.1 Å². The molecule has 5 heteroatoms. The van der Waals surface area contributed by atoms with Crippen molar-refractivity contribution in [2.24, 2.45) is 0 Å². The minimum Gasteiger partial charge on any atom is -0.429 e. The van der Waals surface area contributed by atoms with Gasteiger partial charge in [-0.05, 0) is 12.5 Å². The molecule has 1 aliphatic rings. The first kappa shape index (κ1) is 12.6. The van der Waals surface area contributed by atoms with Gasteiger partial charge in [0.05, 0.1) is 0 Å². The number of hydrogen-bond donors (Lipinski definition) is 0. The normalized spacial score (nSPS) is 17.7. The van der Waals surface area contributed by atoms with Crippen molar-refractivity contribution in [1.29, 1.82) is 0 Å². The number of hydrogen-bond acceptors (Lipinski definition) is 5. The van der Waals surface area contributed by atoms with E-state index in [1.807, 2.05) is 37.3 Å². The van der Waals surface area contributed by atoms with Crippen molar-refractivity contribution in [2.45, 2.75) is 19.1 Å². The molecule has 0 N–H and O–H groups in total. The molecular weight excluding hydrogens is 256 g/mol. The van der Waals surface area contributed by atoms with Crippen molar-refractivity contribution in [3.8, 4) is 0 Å². The van der Waals surface area contributed by atoms with Crippen molar-refractivity contribution in [3.05, 3.63) is 35.9 Å². The lowest BCUT2D eigenvalue weighted by molar-refractivity contribution is -0.00557. The minimum absolute atomic E-state index is 0.260. The largest absolute Gasteiger partial charge is 0.509 e. The zero-order valence-corrected chi connectivity index (χ0v) is 11.2. The Labute approximate surface area is 109 Å². The van der Waals surface area contributed by atoms with Gasteiger partial charge in [-0.1, -0.05) is 51.9 Å². The van der Waals surface area contributed by atoms with E-state index in [1.165, 1.54) is 0 Å². The smallest absolute Gasteiger partial charge is 0.429 e. The maximum absolute atomic E-state index is 11.5.